The number of halogens is 3. The van der Waals surface area contributed by atoms with Crippen LogP contribution in [0.5, 0.6) is 0 Å². The number of carboxylic acids is 1. The predicted octanol–water partition coefficient (Wildman–Crippen LogP) is 5.39. The molecule has 31 heavy (non-hydrogen) atoms. The number of nitrogens with zero attached hydrogens (tertiary/aromatic N) is 1. The van der Waals surface area contributed by atoms with Gasteiger partial charge in [0, 0.05) is 18.9 Å². The number of aliphatic carboxylic acids is 1. The standard InChI is InChI=1S/C24H18F3NO3/c1-28-19-11-3-2-7-18(19)22(24(25,26)27)21(23(28)31)17-10-5-8-15-14(12-13-20(29)30)6-4-9-16(15)17/h2-11H,12-13H2,1H3,(H,29,30). The van der Waals surface area contributed by atoms with E-state index in [0.717, 1.165) is 0 Å². The summed E-state index contributed by atoms with van der Waals surface area (Å²) >= 11 is 0. The van der Waals surface area contributed by atoms with Gasteiger partial charge in [-0.3, -0.25) is 9.59 Å². The second-order valence-electron chi connectivity index (χ2n) is 7.34. The molecule has 4 aromatic rings. The van der Waals surface area contributed by atoms with Gasteiger partial charge in [0.1, 0.15) is 0 Å². The molecule has 0 aliphatic carbocycles. The van der Waals surface area contributed by atoms with Crippen LogP contribution in [0, 0.1) is 0 Å². The first-order chi connectivity index (χ1) is 14.7. The van der Waals surface area contributed by atoms with Crippen LogP contribution >= 0.6 is 0 Å². The smallest absolute Gasteiger partial charge is 0.417 e. The number of benzene rings is 3. The third-order valence-electron chi connectivity index (χ3n) is 5.48. The molecule has 0 aliphatic heterocycles. The number of hydrogen-bond acceptors (Lipinski definition) is 2. The van der Waals surface area contributed by atoms with E-state index in [4.69, 9.17) is 5.11 Å². The van der Waals surface area contributed by atoms with Gasteiger partial charge in [-0.25, -0.2) is 0 Å². The van der Waals surface area contributed by atoms with E-state index in [1.807, 2.05) is 0 Å². The molecule has 0 saturated heterocycles. The highest BCUT2D eigenvalue weighted by Gasteiger charge is 2.38. The molecule has 0 fully saturated rings. The van der Waals surface area contributed by atoms with Gasteiger partial charge in [-0.1, -0.05) is 54.6 Å². The topological polar surface area (TPSA) is 59.3 Å². The lowest BCUT2D eigenvalue weighted by atomic mass is 9.91. The highest BCUT2D eigenvalue weighted by molar-refractivity contribution is 6.01. The predicted molar refractivity (Wildman–Crippen MR) is 113 cm³/mol. The Labute approximate surface area is 175 Å². The van der Waals surface area contributed by atoms with Crippen LogP contribution in [0.4, 0.5) is 13.2 Å². The molecule has 4 rings (SSSR count). The maximum absolute atomic E-state index is 14.3. The summed E-state index contributed by atoms with van der Waals surface area (Å²) in [5.41, 5.74) is -1.04. The van der Waals surface area contributed by atoms with Crippen LogP contribution in [-0.2, 0) is 24.4 Å². The van der Waals surface area contributed by atoms with Gasteiger partial charge in [-0.15, -0.1) is 0 Å². The first kappa shape index (κ1) is 20.7. The monoisotopic (exact) mass is 425 g/mol. The van der Waals surface area contributed by atoms with Crippen molar-refractivity contribution >= 4 is 27.6 Å². The SMILES string of the molecule is Cn1c(=O)c(-c2cccc3c(CCC(=O)O)cccc23)c(C(F)(F)F)c2ccccc21. The lowest BCUT2D eigenvalue weighted by Crippen LogP contribution is -2.24. The van der Waals surface area contributed by atoms with E-state index in [1.165, 1.54) is 35.9 Å². The molecule has 0 radical (unpaired) electrons. The number of alkyl halides is 3. The molecular weight excluding hydrogens is 407 g/mol. The number of fused-ring (bicyclic) bond motifs is 2. The molecule has 0 amide bonds. The molecule has 0 spiro atoms. The van der Waals surface area contributed by atoms with Gasteiger partial charge in [0.2, 0.25) is 0 Å². The van der Waals surface area contributed by atoms with Crippen molar-refractivity contribution in [2.45, 2.75) is 19.0 Å². The van der Waals surface area contributed by atoms with Crippen LogP contribution in [0.3, 0.4) is 0 Å². The number of pyridine rings is 1. The fraction of sp³-hybridized carbons (Fsp3) is 0.167. The first-order valence-corrected chi connectivity index (χ1v) is 9.62. The summed E-state index contributed by atoms with van der Waals surface area (Å²) in [5.74, 6) is -0.962. The van der Waals surface area contributed by atoms with E-state index in [2.05, 4.69) is 0 Å². The Hall–Kier alpha value is -3.61. The van der Waals surface area contributed by atoms with Crippen LogP contribution in [-0.4, -0.2) is 15.6 Å². The van der Waals surface area contributed by atoms with E-state index < -0.39 is 28.8 Å². The molecule has 0 aliphatic rings. The fourth-order valence-corrected chi connectivity index (χ4v) is 4.09. The maximum Gasteiger partial charge on any atom is 0.417 e. The Morgan fingerprint density at radius 2 is 1.58 bits per heavy atom. The van der Waals surface area contributed by atoms with Crippen molar-refractivity contribution < 1.29 is 23.1 Å². The fourth-order valence-electron chi connectivity index (χ4n) is 4.09. The molecule has 0 unspecified atom stereocenters. The summed E-state index contributed by atoms with van der Waals surface area (Å²) in [6.07, 6.45) is -4.61. The van der Waals surface area contributed by atoms with E-state index in [0.29, 0.717) is 16.3 Å². The number of rotatable bonds is 4. The van der Waals surface area contributed by atoms with E-state index in [9.17, 15) is 22.8 Å². The number of carboxylic acid groups (broad SMARTS) is 1. The molecule has 1 N–H and O–H groups in total. The van der Waals surface area contributed by atoms with Crippen LogP contribution < -0.4 is 5.56 Å². The highest BCUT2D eigenvalue weighted by Crippen LogP contribution is 2.41. The largest absolute Gasteiger partial charge is 0.481 e. The van der Waals surface area contributed by atoms with Crippen molar-refractivity contribution in [1.82, 2.24) is 4.57 Å². The van der Waals surface area contributed by atoms with Crippen molar-refractivity contribution in [3.8, 4) is 11.1 Å². The third kappa shape index (κ3) is 3.56. The second-order valence-corrected chi connectivity index (χ2v) is 7.34. The van der Waals surface area contributed by atoms with Gasteiger partial charge >= 0.3 is 12.1 Å². The Kier molecular flexibility index (Phi) is 5.05. The van der Waals surface area contributed by atoms with Gasteiger partial charge in [0.15, 0.2) is 0 Å². The van der Waals surface area contributed by atoms with Gasteiger partial charge in [-0.05, 0) is 34.4 Å². The Morgan fingerprint density at radius 1 is 0.935 bits per heavy atom. The number of carbonyl (C=O) groups is 1. The van der Waals surface area contributed by atoms with Gasteiger partial charge < -0.3 is 9.67 Å². The molecule has 4 nitrogen and oxygen atoms in total. The van der Waals surface area contributed by atoms with Gasteiger partial charge in [0.25, 0.3) is 5.56 Å². The van der Waals surface area contributed by atoms with Crippen molar-refractivity contribution in [3.63, 3.8) is 0 Å². The van der Waals surface area contributed by atoms with Crippen LogP contribution in [0.25, 0.3) is 32.8 Å². The van der Waals surface area contributed by atoms with Gasteiger partial charge in [-0.2, -0.15) is 13.2 Å². The lowest BCUT2D eigenvalue weighted by molar-refractivity contribution is -0.137. The molecule has 7 heteroatoms. The second kappa shape index (κ2) is 7.58. The summed E-state index contributed by atoms with van der Waals surface area (Å²) in [6, 6.07) is 15.9. The Morgan fingerprint density at radius 3 is 2.29 bits per heavy atom. The minimum atomic E-state index is -4.74. The Balaban J connectivity index is 2.11. The zero-order chi connectivity index (χ0) is 22.3. The first-order valence-electron chi connectivity index (χ1n) is 9.62. The Bertz CT molecular complexity index is 1390. The number of aromatic nitrogens is 1. The molecular formula is C24H18F3NO3. The summed E-state index contributed by atoms with van der Waals surface area (Å²) < 4.78 is 44.0. The molecule has 1 heterocycles. The quantitative estimate of drug-likeness (QED) is 0.477. The summed E-state index contributed by atoms with van der Waals surface area (Å²) in [6.45, 7) is 0. The van der Waals surface area contributed by atoms with E-state index in [1.54, 1.807) is 36.4 Å². The summed E-state index contributed by atoms with van der Waals surface area (Å²) in [5, 5.41) is 10.1. The van der Waals surface area contributed by atoms with Crippen LogP contribution in [0.15, 0.2) is 65.5 Å². The molecule has 0 bridgehead atoms. The summed E-state index contributed by atoms with van der Waals surface area (Å²) in [4.78, 5) is 24.2. The van der Waals surface area contributed by atoms with Crippen molar-refractivity contribution in [2.24, 2.45) is 7.05 Å². The van der Waals surface area contributed by atoms with Crippen molar-refractivity contribution in [2.75, 3.05) is 0 Å². The average Bonchev–Trinajstić information content (AvgIpc) is 2.73. The summed E-state index contributed by atoms with van der Waals surface area (Å²) in [7, 11) is 1.46. The number of para-hydroxylation sites is 1. The average molecular weight is 425 g/mol. The van der Waals surface area contributed by atoms with Gasteiger partial charge in [0.05, 0.1) is 16.6 Å². The van der Waals surface area contributed by atoms with Crippen LogP contribution in [0.2, 0.25) is 0 Å². The number of aryl methyl sites for hydroxylation is 2. The number of hydrogen-bond donors (Lipinski definition) is 1. The van der Waals surface area contributed by atoms with E-state index in [-0.39, 0.29) is 29.3 Å². The lowest BCUT2D eigenvalue weighted by Gasteiger charge is -2.19. The van der Waals surface area contributed by atoms with E-state index >= 15 is 0 Å². The molecule has 3 aromatic carbocycles. The third-order valence-corrected chi connectivity index (χ3v) is 5.48. The van der Waals surface area contributed by atoms with Crippen molar-refractivity contribution in [3.05, 3.63) is 82.1 Å². The normalized spacial score (nSPS) is 11.9. The zero-order valence-electron chi connectivity index (χ0n) is 16.5. The van der Waals surface area contributed by atoms with Crippen molar-refractivity contribution in [1.29, 1.82) is 0 Å². The molecule has 158 valence electrons. The molecule has 1 aromatic heterocycles. The minimum absolute atomic E-state index is 0.0499. The minimum Gasteiger partial charge on any atom is -0.481 e. The molecule has 0 saturated carbocycles. The van der Waals surface area contributed by atoms with Crippen LogP contribution in [0.1, 0.15) is 17.5 Å². The highest BCUT2D eigenvalue weighted by atomic mass is 19.4. The zero-order valence-corrected chi connectivity index (χ0v) is 16.5. The maximum atomic E-state index is 14.3. The molecule has 0 atom stereocenters.